The van der Waals surface area contributed by atoms with Crippen LogP contribution in [-0.4, -0.2) is 24.3 Å². The van der Waals surface area contributed by atoms with E-state index >= 15 is 0 Å². The number of rotatable bonds is 3. The Morgan fingerprint density at radius 1 is 1.47 bits per heavy atom. The Labute approximate surface area is 100 Å². The minimum absolute atomic E-state index is 0.393. The number of ether oxygens (including phenoxy) is 1. The maximum absolute atomic E-state index is 13.2. The molecule has 0 spiro atoms. The molecule has 0 aliphatic rings. The standard InChI is InChI=1S/C13H17FO3/c1-8-5-6-9(14)7-10(8)13(2,3)11(15)12(16)17-4/h5-7,11,15H,1-4H3. The predicted octanol–water partition coefficient (Wildman–Crippen LogP) is 1.95. The molecule has 0 bridgehead atoms. The number of methoxy groups -OCH3 is 1. The molecule has 1 atom stereocenters. The second-order valence-electron chi connectivity index (χ2n) is 4.61. The van der Waals surface area contributed by atoms with E-state index in [1.807, 2.05) is 0 Å². The molecule has 1 N–H and O–H groups in total. The number of aliphatic hydroxyl groups excluding tert-OH is 1. The number of benzene rings is 1. The summed E-state index contributed by atoms with van der Waals surface area (Å²) in [6.45, 7) is 5.16. The van der Waals surface area contributed by atoms with Crippen molar-refractivity contribution in [3.8, 4) is 0 Å². The summed E-state index contributed by atoms with van der Waals surface area (Å²) < 4.78 is 17.7. The summed E-state index contributed by atoms with van der Waals surface area (Å²) in [6, 6.07) is 4.30. The molecule has 0 fully saturated rings. The highest BCUT2D eigenvalue weighted by Gasteiger charge is 2.37. The van der Waals surface area contributed by atoms with Gasteiger partial charge in [0.1, 0.15) is 5.82 Å². The van der Waals surface area contributed by atoms with Gasteiger partial charge < -0.3 is 9.84 Å². The zero-order valence-corrected chi connectivity index (χ0v) is 10.5. The zero-order chi connectivity index (χ0) is 13.2. The van der Waals surface area contributed by atoms with E-state index in [0.29, 0.717) is 5.56 Å². The first-order chi connectivity index (χ1) is 7.80. The van der Waals surface area contributed by atoms with E-state index < -0.39 is 23.3 Å². The number of carbonyl (C=O) groups excluding carboxylic acids is 1. The normalized spacial score (nSPS) is 13.3. The Morgan fingerprint density at radius 2 is 2.06 bits per heavy atom. The monoisotopic (exact) mass is 240 g/mol. The quantitative estimate of drug-likeness (QED) is 0.821. The summed E-state index contributed by atoms with van der Waals surface area (Å²) in [6.07, 6.45) is -1.33. The molecule has 0 amide bonds. The van der Waals surface area contributed by atoms with Gasteiger partial charge in [0.15, 0.2) is 6.10 Å². The molecule has 0 aliphatic heterocycles. The fourth-order valence-electron chi connectivity index (χ4n) is 1.84. The van der Waals surface area contributed by atoms with Crippen molar-refractivity contribution in [1.82, 2.24) is 0 Å². The number of carbonyl (C=O) groups is 1. The lowest BCUT2D eigenvalue weighted by Gasteiger charge is -2.30. The van der Waals surface area contributed by atoms with Gasteiger partial charge >= 0.3 is 5.97 Å². The average Bonchev–Trinajstić information content (AvgIpc) is 2.30. The first-order valence-corrected chi connectivity index (χ1v) is 5.33. The van der Waals surface area contributed by atoms with Crippen molar-refractivity contribution in [2.24, 2.45) is 0 Å². The largest absolute Gasteiger partial charge is 0.467 e. The third-order valence-corrected chi connectivity index (χ3v) is 3.00. The summed E-state index contributed by atoms with van der Waals surface area (Å²) in [5.41, 5.74) is 0.508. The lowest BCUT2D eigenvalue weighted by molar-refractivity contribution is -0.153. The van der Waals surface area contributed by atoms with Crippen LogP contribution < -0.4 is 0 Å². The van der Waals surface area contributed by atoms with Crippen molar-refractivity contribution in [3.05, 3.63) is 35.1 Å². The topological polar surface area (TPSA) is 46.5 Å². The van der Waals surface area contributed by atoms with Crippen LogP contribution >= 0.6 is 0 Å². The molecule has 1 rings (SSSR count). The second-order valence-corrected chi connectivity index (χ2v) is 4.61. The van der Waals surface area contributed by atoms with Crippen LogP contribution in [0.5, 0.6) is 0 Å². The molecule has 4 heteroatoms. The molecule has 94 valence electrons. The molecule has 1 unspecified atom stereocenters. The molecule has 17 heavy (non-hydrogen) atoms. The van der Waals surface area contributed by atoms with Crippen LogP contribution in [0.4, 0.5) is 4.39 Å². The summed E-state index contributed by atoms with van der Waals surface area (Å²) in [5, 5.41) is 9.92. The molecule has 0 heterocycles. The number of aliphatic hydroxyl groups is 1. The van der Waals surface area contributed by atoms with Gasteiger partial charge in [-0.1, -0.05) is 19.9 Å². The van der Waals surface area contributed by atoms with Gasteiger partial charge in [-0.05, 0) is 30.2 Å². The Hall–Kier alpha value is -1.42. The highest BCUT2D eigenvalue weighted by Crippen LogP contribution is 2.30. The number of halogens is 1. The van der Waals surface area contributed by atoms with Crippen LogP contribution in [0.3, 0.4) is 0 Å². The van der Waals surface area contributed by atoms with Crippen molar-refractivity contribution in [2.45, 2.75) is 32.3 Å². The van der Waals surface area contributed by atoms with E-state index in [0.717, 1.165) is 5.56 Å². The Kier molecular flexibility index (Phi) is 3.88. The van der Waals surface area contributed by atoms with Gasteiger partial charge in [-0.25, -0.2) is 9.18 Å². The molecule has 3 nitrogen and oxygen atoms in total. The number of hydrogen-bond acceptors (Lipinski definition) is 3. The molecule has 1 aromatic carbocycles. The van der Waals surface area contributed by atoms with Crippen molar-refractivity contribution >= 4 is 5.97 Å². The zero-order valence-electron chi connectivity index (χ0n) is 10.5. The SMILES string of the molecule is COC(=O)C(O)C(C)(C)c1cc(F)ccc1C. The third kappa shape index (κ3) is 2.64. The van der Waals surface area contributed by atoms with Crippen molar-refractivity contribution in [2.75, 3.05) is 7.11 Å². The Bertz CT molecular complexity index is 427. The minimum atomic E-state index is -1.33. The fraction of sp³-hybridized carbons (Fsp3) is 0.462. The number of hydrogen-bond donors (Lipinski definition) is 1. The van der Waals surface area contributed by atoms with Gasteiger partial charge in [0.2, 0.25) is 0 Å². The first kappa shape index (κ1) is 13.6. The van der Waals surface area contributed by atoms with Gasteiger partial charge in [-0.2, -0.15) is 0 Å². The fourth-order valence-corrected chi connectivity index (χ4v) is 1.84. The van der Waals surface area contributed by atoms with Crippen LogP contribution in [0, 0.1) is 12.7 Å². The van der Waals surface area contributed by atoms with Crippen LogP contribution in [0.25, 0.3) is 0 Å². The van der Waals surface area contributed by atoms with Crippen LogP contribution in [0.15, 0.2) is 18.2 Å². The second kappa shape index (κ2) is 4.84. The van der Waals surface area contributed by atoms with Gasteiger partial charge in [0.25, 0.3) is 0 Å². The van der Waals surface area contributed by atoms with E-state index in [9.17, 15) is 14.3 Å². The summed E-state index contributed by atoms with van der Waals surface area (Å²) >= 11 is 0. The average molecular weight is 240 g/mol. The first-order valence-electron chi connectivity index (χ1n) is 5.33. The van der Waals surface area contributed by atoms with E-state index in [2.05, 4.69) is 4.74 Å². The lowest BCUT2D eigenvalue weighted by atomic mass is 9.77. The van der Waals surface area contributed by atoms with E-state index in [1.54, 1.807) is 26.8 Å². The van der Waals surface area contributed by atoms with Crippen LogP contribution in [0.1, 0.15) is 25.0 Å². The maximum atomic E-state index is 13.2. The number of aryl methyl sites for hydroxylation is 1. The van der Waals surface area contributed by atoms with E-state index in [4.69, 9.17) is 0 Å². The molecule has 0 radical (unpaired) electrons. The highest BCUT2D eigenvalue weighted by atomic mass is 19.1. The molecular weight excluding hydrogens is 223 g/mol. The Morgan fingerprint density at radius 3 is 2.59 bits per heavy atom. The van der Waals surface area contributed by atoms with Crippen LogP contribution in [-0.2, 0) is 14.9 Å². The minimum Gasteiger partial charge on any atom is -0.467 e. The smallest absolute Gasteiger partial charge is 0.335 e. The van der Waals surface area contributed by atoms with E-state index in [-0.39, 0.29) is 0 Å². The van der Waals surface area contributed by atoms with Crippen molar-refractivity contribution in [1.29, 1.82) is 0 Å². The molecular formula is C13H17FO3. The summed E-state index contributed by atoms with van der Waals surface area (Å²) in [5.74, 6) is -1.12. The van der Waals surface area contributed by atoms with Gasteiger partial charge in [0.05, 0.1) is 7.11 Å². The molecule has 1 aromatic rings. The molecule has 0 aliphatic carbocycles. The van der Waals surface area contributed by atoms with Gasteiger partial charge in [0, 0.05) is 5.41 Å². The summed E-state index contributed by atoms with van der Waals surface area (Å²) in [7, 11) is 1.21. The maximum Gasteiger partial charge on any atom is 0.335 e. The molecule has 0 saturated heterocycles. The molecule has 0 saturated carbocycles. The van der Waals surface area contributed by atoms with Gasteiger partial charge in [-0.15, -0.1) is 0 Å². The highest BCUT2D eigenvalue weighted by molar-refractivity contribution is 5.76. The Balaban J connectivity index is 3.20. The lowest BCUT2D eigenvalue weighted by Crippen LogP contribution is -2.41. The summed E-state index contributed by atoms with van der Waals surface area (Å²) in [4.78, 5) is 11.4. The van der Waals surface area contributed by atoms with Crippen molar-refractivity contribution < 1.29 is 19.0 Å². The van der Waals surface area contributed by atoms with Crippen LogP contribution in [0.2, 0.25) is 0 Å². The van der Waals surface area contributed by atoms with Crippen molar-refractivity contribution in [3.63, 3.8) is 0 Å². The molecule has 0 aromatic heterocycles. The van der Waals surface area contributed by atoms with E-state index in [1.165, 1.54) is 19.2 Å². The third-order valence-electron chi connectivity index (χ3n) is 3.00. The van der Waals surface area contributed by atoms with Gasteiger partial charge in [-0.3, -0.25) is 0 Å². The predicted molar refractivity (Wildman–Crippen MR) is 62.2 cm³/mol. The number of esters is 1.